The number of hydrogen-bond acceptors (Lipinski definition) is 5. The second-order valence-electron chi connectivity index (χ2n) is 4.19. The number of nitrogens with zero attached hydrogens (tertiary/aromatic N) is 4. The summed E-state index contributed by atoms with van der Waals surface area (Å²) in [5.74, 6) is 0.121. The Kier molecular flexibility index (Phi) is 2.87. The first kappa shape index (κ1) is 12.3. The van der Waals surface area contributed by atoms with E-state index in [1.165, 1.54) is 16.2 Å². The average Bonchev–Trinajstić information content (AvgIpc) is 2.91. The molecule has 0 aliphatic carbocycles. The van der Waals surface area contributed by atoms with E-state index in [1.54, 1.807) is 7.05 Å². The molecule has 2 aromatic rings. The number of urea groups is 1. The van der Waals surface area contributed by atoms with Gasteiger partial charge in [-0.25, -0.2) is 14.8 Å². The first-order chi connectivity index (χ1) is 9.06. The maximum absolute atomic E-state index is 11.8. The summed E-state index contributed by atoms with van der Waals surface area (Å²) in [6, 6.07) is 1.50. The average molecular weight is 297 g/mol. The summed E-state index contributed by atoms with van der Waals surface area (Å²) in [6.45, 7) is 0.142. The molecule has 2 aromatic heterocycles. The topological polar surface area (TPSA) is 66.4 Å². The predicted molar refractivity (Wildman–Crippen MR) is 71.0 cm³/mol. The van der Waals surface area contributed by atoms with Gasteiger partial charge < -0.3 is 4.90 Å². The molecule has 0 radical (unpaired) electrons. The van der Waals surface area contributed by atoms with Crippen LogP contribution in [0.1, 0.15) is 5.82 Å². The minimum absolute atomic E-state index is 0.0512. The van der Waals surface area contributed by atoms with E-state index in [2.05, 4.69) is 9.97 Å². The van der Waals surface area contributed by atoms with Gasteiger partial charge in [0.2, 0.25) is 0 Å². The largest absolute Gasteiger partial charge is 0.327 e. The molecule has 0 bridgehead atoms. The van der Waals surface area contributed by atoms with E-state index in [0.29, 0.717) is 11.0 Å². The van der Waals surface area contributed by atoms with Gasteiger partial charge in [0, 0.05) is 12.4 Å². The Bertz CT molecular complexity index is 686. The van der Waals surface area contributed by atoms with Crippen LogP contribution in [0, 0.1) is 0 Å². The lowest BCUT2D eigenvalue weighted by molar-refractivity contribution is -0.125. The molecule has 1 aliphatic rings. The number of aromatic nitrogens is 2. The van der Waals surface area contributed by atoms with Gasteiger partial charge in [0.15, 0.2) is 5.82 Å². The fourth-order valence-corrected chi connectivity index (χ4v) is 2.99. The highest BCUT2D eigenvalue weighted by atomic mass is 35.5. The summed E-state index contributed by atoms with van der Waals surface area (Å²) in [5, 5.41) is 3.00. The Balaban J connectivity index is 1.93. The SMILES string of the molecule is CN1CC(=O)N(Cc2nc(Cl)c3ccsc3n2)C1=O. The monoisotopic (exact) mass is 296 g/mol. The lowest BCUT2D eigenvalue weighted by atomic mass is 10.4. The molecule has 3 rings (SSSR count). The van der Waals surface area contributed by atoms with Crippen molar-refractivity contribution >= 4 is 45.1 Å². The standard InChI is InChI=1S/C11H9ClN4O2S/c1-15-5-8(17)16(11(15)18)4-7-13-9(12)6-2-3-19-10(6)14-7/h2-3H,4-5H2,1H3. The molecule has 0 saturated carbocycles. The van der Waals surface area contributed by atoms with Crippen LogP contribution in [-0.2, 0) is 11.3 Å². The minimum atomic E-state index is -0.337. The van der Waals surface area contributed by atoms with Crippen LogP contribution in [0.15, 0.2) is 11.4 Å². The molecule has 0 spiro atoms. The number of carbonyl (C=O) groups excluding carboxylic acids is 2. The molecule has 98 valence electrons. The highest BCUT2D eigenvalue weighted by Gasteiger charge is 2.34. The first-order valence-corrected chi connectivity index (χ1v) is 6.77. The first-order valence-electron chi connectivity index (χ1n) is 5.51. The van der Waals surface area contributed by atoms with Crippen LogP contribution in [0.2, 0.25) is 5.15 Å². The van der Waals surface area contributed by atoms with Crippen LogP contribution in [0.25, 0.3) is 10.2 Å². The normalized spacial score (nSPS) is 15.9. The zero-order chi connectivity index (χ0) is 13.6. The molecular weight excluding hydrogens is 288 g/mol. The molecule has 0 unspecified atom stereocenters. The van der Waals surface area contributed by atoms with Gasteiger partial charge in [0.1, 0.15) is 16.5 Å². The number of carbonyl (C=O) groups is 2. The number of rotatable bonds is 2. The van der Waals surface area contributed by atoms with Crippen molar-refractivity contribution in [3.05, 3.63) is 22.4 Å². The Hall–Kier alpha value is -1.73. The van der Waals surface area contributed by atoms with Crippen LogP contribution >= 0.6 is 22.9 Å². The van der Waals surface area contributed by atoms with Crippen molar-refractivity contribution in [3.63, 3.8) is 0 Å². The van der Waals surface area contributed by atoms with Gasteiger partial charge in [-0.15, -0.1) is 11.3 Å². The van der Waals surface area contributed by atoms with Gasteiger partial charge in [-0.3, -0.25) is 9.69 Å². The van der Waals surface area contributed by atoms with Crippen molar-refractivity contribution in [3.8, 4) is 0 Å². The van der Waals surface area contributed by atoms with Gasteiger partial charge in [-0.1, -0.05) is 11.6 Å². The van der Waals surface area contributed by atoms with Gasteiger partial charge in [0.25, 0.3) is 5.91 Å². The molecule has 19 heavy (non-hydrogen) atoms. The van der Waals surface area contributed by atoms with E-state index in [0.717, 1.165) is 15.1 Å². The van der Waals surface area contributed by atoms with E-state index >= 15 is 0 Å². The summed E-state index contributed by atoms with van der Waals surface area (Å²) < 4.78 is 0. The van der Waals surface area contributed by atoms with Crippen LogP contribution in [-0.4, -0.2) is 45.3 Å². The molecule has 3 heterocycles. The molecule has 1 fully saturated rings. The molecule has 3 amide bonds. The van der Waals surface area contributed by atoms with Crippen molar-refractivity contribution < 1.29 is 9.59 Å². The number of hydrogen-bond donors (Lipinski definition) is 0. The Morgan fingerprint density at radius 1 is 1.42 bits per heavy atom. The second-order valence-corrected chi connectivity index (χ2v) is 5.44. The van der Waals surface area contributed by atoms with Crippen molar-refractivity contribution in [1.82, 2.24) is 19.8 Å². The van der Waals surface area contributed by atoms with E-state index < -0.39 is 0 Å². The third-order valence-electron chi connectivity index (χ3n) is 2.86. The van der Waals surface area contributed by atoms with Crippen molar-refractivity contribution in [2.75, 3.05) is 13.6 Å². The van der Waals surface area contributed by atoms with Crippen LogP contribution in [0.4, 0.5) is 4.79 Å². The van der Waals surface area contributed by atoms with Gasteiger partial charge in [-0.05, 0) is 11.4 Å². The van der Waals surface area contributed by atoms with E-state index in [9.17, 15) is 9.59 Å². The summed E-state index contributed by atoms with van der Waals surface area (Å²) in [7, 11) is 1.58. The predicted octanol–water partition coefficient (Wildman–Crippen LogP) is 1.74. The molecule has 1 aliphatic heterocycles. The number of thiophene rings is 1. The van der Waals surface area contributed by atoms with Crippen LogP contribution in [0.5, 0.6) is 0 Å². The highest BCUT2D eigenvalue weighted by molar-refractivity contribution is 7.16. The van der Waals surface area contributed by atoms with E-state index in [-0.39, 0.29) is 25.0 Å². The van der Waals surface area contributed by atoms with E-state index in [1.807, 2.05) is 11.4 Å². The molecule has 6 nitrogen and oxygen atoms in total. The lowest BCUT2D eigenvalue weighted by Crippen LogP contribution is -2.31. The third-order valence-corrected chi connectivity index (χ3v) is 3.95. The molecule has 8 heteroatoms. The lowest BCUT2D eigenvalue weighted by Gasteiger charge is -2.13. The fourth-order valence-electron chi connectivity index (χ4n) is 1.90. The maximum atomic E-state index is 11.8. The molecule has 1 saturated heterocycles. The zero-order valence-corrected chi connectivity index (χ0v) is 11.5. The van der Waals surface area contributed by atoms with Gasteiger partial charge in [0.05, 0.1) is 6.54 Å². The second kappa shape index (κ2) is 4.43. The van der Waals surface area contributed by atoms with E-state index in [4.69, 9.17) is 11.6 Å². The zero-order valence-electron chi connectivity index (χ0n) is 9.96. The highest BCUT2D eigenvalue weighted by Crippen LogP contribution is 2.25. The van der Waals surface area contributed by atoms with Crippen LogP contribution in [0.3, 0.4) is 0 Å². The van der Waals surface area contributed by atoms with Gasteiger partial charge >= 0.3 is 6.03 Å². The third kappa shape index (κ3) is 2.04. The molecular formula is C11H9ClN4O2S. The van der Waals surface area contributed by atoms with Crippen molar-refractivity contribution in [2.24, 2.45) is 0 Å². The number of amides is 3. The number of halogens is 1. The summed E-state index contributed by atoms with van der Waals surface area (Å²) in [5.41, 5.74) is 0. The Morgan fingerprint density at radius 2 is 2.21 bits per heavy atom. The fraction of sp³-hybridized carbons (Fsp3) is 0.273. The maximum Gasteiger partial charge on any atom is 0.327 e. The number of likely N-dealkylation sites (N-methyl/N-ethyl adjacent to an activating group) is 1. The van der Waals surface area contributed by atoms with Gasteiger partial charge in [-0.2, -0.15) is 0 Å². The molecule has 0 N–H and O–H groups in total. The summed E-state index contributed by atoms with van der Waals surface area (Å²) in [4.78, 5) is 35.1. The van der Waals surface area contributed by atoms with Crippen molar-refractivity contribution in [1.29, 1.82) is 0 Å². The van der Waals surface area contributed by atoms with Crippen LogP contribution < -0.4 is 0 Å². The summed E-state index contributed by atoms with van der Waals surface area (Å²) in [6.07, 6.45) is 0. The molecule has 0 atom stereocenters. The minimum Gasteiger partial charge on any atom is -0.318 e. The smallest absolute Gasteiger partial charge is 0.318 e. The molecule has 0 aromatic carbocycles. The Labute approximate surface area is 117 Å². The number of fused-ring (bicyclic) bond motifs is 1. The number of imide groups is 1. The Morgan fingerprint density at radius 3 is 2.89 bits per heavy atom. The summed E-state index contributed by atoms with van der Waals surface area (Å²) >= 11 is 7.49. The van der Waals surface area contributed by atoms with Crippen molar-refractivity contribution in [2.45, 2.75) is 6.54 Å². The quantitative estimate of drug-likeness (QED) is 0.625.